The van der Waals surface area contributed by atoms with Gasteiger partial charge in [0.2, 0.25) is 5.69 Å². The minimum absolute atomic E-state index is 1.04. The first kappa shape index (κ1) is 7.99. The summed E-state index contributed by atoms with van der Waals surface area (Å²) in [5.41, 5.74) is 2.20. The molecular formula is C12H11N+. The van der Waals surface area contributed by atoms with Crippen molar-refractivity contribution in [1.29, 1.82) is 0 Å². The van der Waals surface area contributed by atoms with Crippen LogP contribution in [0.4, 0.5) is 0 Å². The van der Waals surface area contributed by atoms with Gasteiger partial charge in [0.15, 0.2) is 12.4 Å². The summed E-state index contributed by atoms with van der Waals surface area (Å²) < 4.78 is 2.07. The molecule has 0 bridgehead atoms. The molecular weight excluding hydrogens is 158 g/mol. The van der Waals surface area contributed by atoms with E-state index in [1.165, 1.54) is 0 Å². The molecule has 2 aromatic rings. The van der Waals surface area contributed by atoms with Crippen molar-refractivity contribution in [2.75, 3.05) is 0 Å². The van der Waals surface area contributed by atoms with Gasteiger partial charge in [-0.3, -0.25) is 0 Å². The SMILES string of the molecule is [CH2]c1ccc(-[n+]2ccccc2)cc1. The molecule has 0 amide bonds. The maximum absolute atomic E-state index is 3.85. The lowest BCUT2D eigenvalue weighted by molar-refractivity contribution is -0.595. The summed E-state index contributed by atoms with van der Waals surface area (Å²) in [6.45, 7) is 3.85. The Hall–Kier alpha value is -1.63. The Bertz CT molecular complexity index is 376. The van der Waals surface area contributed by atoms with Crippen LogP contribution in [-0.4, -0.2) is 0 Å². The minimum Gasteiger partial charge on any atom is -0.167 e. The van der Waals surface area contributed by atoms with Gasteiger partial charge in [0.05, 0.1) is 0 Å². The Balaban J connectivity index is 2.42. The zero-order valence-electron chi connectivity index (χ0n) is 7.35. The van der Waals surface area contributed by atoms with Crippen molar-refractivity contribution in [3.63, 3.8) is 0 Å². The number of rotatable bonds is 1. The first-order chi connectivity index (χ1) is 6.36. The van der Waals surface area contributed by atoms with Crippen LogP contribution >= 0.6 is 0 Å². The molecule has 0 unspecified atom stereocenters. The van der Waals surface area contributed by atoms with Gasteiger partial charge in [-0.2, -0.15) is 4.57 Å². The summed E-state index contributed by atoms with van der Waals surface area (Å²) in [7, 11) is 0. The third-order valence-electron chi connectivity index (χ3n) is 1.95. The zero-order valence-corrected chi connectivity index (χ0v) is 7.35. The van der Waals surface area contributed by atoms with Crippen molar-refractivity contribution in [2.45, 2.75) is 0 Å². The van der Waals surface area contributed by atoms with Crippen molar-refractivity contribution < 1.29 is 4.57 Å². The molecule has 0 spiro atoms. The van der Waals surface area contributed by atoms with E-state index in [0.29, 0.717) is 0 Å². The quantitative estimate of drug-likeness (QED) is 0.576. The number of nitrogens with zero attached hydrogens (tertiary/aromatic N) is 1. The number of pyridine rings is 1. The van der Waals surface area contributed by atoms with Crippen LogP contribution in [0, 0.1) is 6.92 Å². The van der Waals surface area contributed by atoms with E-state index >= 15 is 0 Å². The third-order valence-corrected chi connectivity index (χ3v) is 1.95. The smallest absolute Gasteiger partial charge is 0.167 e. The van der Waals surface area contributed by atoms with Crippen LogP contribution in [0.15, 0.2) is 54.9 Å². The van der Waals surface area contributed by atoms with Gasteiger partial charge in [-0.25, -0.2) is 0 Å². The van der Waals surface area contributed by atoms with Crippen molar-refractivity contribution in [3.8, 4) is 5.69 Å². The fraction of sp³-hybridized carbons (Fsp3) is 0. The van der Waals surface area contributed by atoms with E-state index in [2.05, 4.69) is 23.6 Å². The van der Waals surface area contributed by atoms with E-state index in [9.17, 15) is 0 Å². The molecule has 1 heterocycles. The summed E-state index contributed by atoms with van der Waals surface area (Å²) >= 11 is 0. The van der Waals surface area contributed by atoms with E-state index in [0.717, 1.165) is 11.3 Å². The molecule has 13 heavy (non-hydrogen) atoms. The highest BCUT2D eigenvalue weighted by molar-refractivity contribution is 5.28. The molecule has 0 N–H and O–H groups in total. The molecule has 0 saturated heterocycles. The van der Waals surface area contributed by atoms with Crippen LogP contribution in [0.25, 0.3) is 5.69 Å². The molecule has 0 atom stereocenters. The highest BCUT2D eigenvalue weighted by atomic mass is 14.9. The second kappa shape index (κ2) is 3.40. The number of hydrogen-bond donors (Lipinski definition) is 0. The van der Waals surface area contributed by atoms with Crippen LogP contribution < -0.4 is 4.57 Å². The van der Waals surface area contributed by atoms with Crippen molar-refractivity contribution in [3.05, 3.63) is 67.3 Å². The first-order valence-corrected chi connectivity index (χ1v) is 4.25. The van der Waals surface area contributed by atoms with Crippen molar-refractivity contribution in [2.24, 2.45) is 0 Å². The lowest BCUT2D eigenvalue weighted by atomic mass is 10.2. The van der Waals surface area contributed by atoms with Crippen LogP contribution in [0.1, 0.15) is 5.56 Å². The average Bonchev–Trinajstić information content (AvgIpc) is 2.20. The molecule has 0 saturated carbocycles. The highest BCUT2D eigenvalue weighted by Gasteiger charge is 2.01. The van der Waals surface area contributed by atoms with Gasteiger partial charge in [-0.1, -0.05) is 18.2 Å². The largest absolute Gasteiger partial charge is 0.210 e. The molecule has 1 aromatic heterocycles. The Morgan fingerprint density at radius 1 is 0.846 bits per heavy atom. The average molecular weight is 169 g/mol. The molecule has 0 aliphatic carbocycles. The van der Waals surface area contributed by atoms with Gasteiger partial charge in [-0.05, 0) is 12.5 Å². The molecule has 63 valence electrons. The summed E-state index contributed by atoms with van der Waals surface area (Å²) in [6.07, 6.45) is 4.05. The summed E-state index contributed by atoms with van der Waals surface area (Å²) in [5, 5.41) is 0. The molecule has 1 aromatic carbocycles. The standard InChI is InChI=1S/C12H11N/c1-11-5-7-12(8-6-11)13-9-3-2-4-10-13/h2-10H,1H2/q+1. The maximum atomic E-state index is 3.85. The second-order valence-corrected chi connectivity index (χ2v) is 2.95. The lowest BCUT2D eigenvalue weighted by Crippen LogP contribution is -2.28. The highest BCUT2D eigenvalue weighted by Crippen LogP contribution is 2.01. The molecule has 1 nitrogen and oxygen atoms in total. The van der Waals surface area contributed by atoms with Crippen LogP contribution in [0.5, 0.6) is 0 Å². The normalized spacial score (nSPS) is 9.92. The predicted molar refractivity (Wildman–Crippen MR) is 52.4 cm³/mol. The molecule has 2 rings (SSSR count). The van der Waals surface area contributed by atoms with E-state index in [4.69, 9.17) is 0 Å². The van der Waals surface area contributed by atoms with Gasteiger partial charge in [0, 0.05) is 24.3 Å². The van der Waals surface area contributed by atoms with Crippen LogP contribution in [-0.2, 0) is 0 Å². The van der Waals surface area contributed by atoms with Crippen LogP contribution in [0.2, 0.25) is 0 Å². The zero-order chi connectivity index (χ0) is 9.10. The summed E-state index contributed by atoms with van der Waals surface area (Å²) in [4.78, 5) is 0. The van der Waals surface area contributed by atoms with E-state index in [-0.39, 0.29) is 0 Å². The second-order valence-electron chi connectivity index (χ2n) is 2.95. The minimum atomic E-state index is 1.04. The van der Waals surface area contributed by atoms with Crippen molar-refractivity contribution in [1.82, 2.24) is 0 Å². The number of hydrogen-bond acceptors (Lipinski definition) is 0. The molecule has 1 heteroatoms. The van der Waals surface area contributed by atoms with E-state index < -0.39 is 0 Å². The maximum Gasteiger partial charge on any atom is 0.210 e. The topological polar surface area (TPSA) is 3.88 Å². The lowest BCUT2D eigenvalue weighted by Gasteiger charge is -1.94. The number of benzene rings is 1. The molecule has 0 fully saturated rings. The predicted octanol–water partition coefficient (Wildman–Crippen LogP) is 2.15. The summed E-state index contributed by atoms with van der Waals surface area (Å²) in [6, 6.07) is 14.2. The fourth-order valence-electron chi connectivity index (χ4n) is 1.24. The Kier molecular flexibility index (Phi) is 2.09. The monoisotopic (exact) mass is 169 g/mol. The summed E-state index contributed by atoms with van der Waals surface area (Å²) in [5.74, 6) is 0. The van der Waals surface area contributed by atoms with Gasteiger partial charge in [0.25, 0.3) is 0 Å². The first-order valence-electron chi connectivity index (χ1n) is 4.25. The van der Waals surface area contributed by atoms with Crippen molar-refractivity contribution >= 4 is 0 Å². The Morgan fingerprint density at radius 2 is 1.46 bits per heavy atom. The van der Waals surface area contributed by atoms with E-state index in [1.54, 1.807) is 0 Å². The van der Waals surface area contributed by atoms with Gasteiger partial charge >= 0.3 is 0 Å². The molecule has 1 radical (unpaired) electrons. The Morgan fingerprint density at radius 3 is 2.08 bits per heavy atom. The van der Waals surface area contributed by atoms with E-state index in [1.807, 2.05) is 42.7 Å². The van der Waals surface area contributed by atoms with Gasteiger partial charge < -0.3 is 0 Å². The Labute approximate surface area is 78.3 Å². The third kappa shape index (κ3) is 1.75. The molecule has 0 aliphatic heterocycles. The van der Waals surface area contributed by atoms with Gasteiger partial charge in [-0.15, -0.1) is 0 Å². The van der Waals surface area contributed by atoms with Gasteiger partial charge in [0.1, 0.15) is 0 Å². The molecule has 0 aliphatic rings. The fourth-order valence-corrected chi connectivity index (χ4v) is 1.24. The van der Waals surface area contributed by atoms with Crippen LogP contribution in [0.3, 0.4) is 0 Å². The number of aromatic nitrogens is 1.